The first kappa shape index (κ1) is 18.1. The third-order valence-electron chi connectivity index (χ3n) is 5.29. The van der Waals surface area contributed by atoms with E-state index < -0.39 is 6.04 Å². The van der Waals surface area contributed by atoms with E-state index in [1.807, 2.05) is 31.2 Å². The van der Waals surface area contributed by atoms with Gasteiger partial charge in [-0.1, -0.05) is 13.0 Å². The molecule has 0 radical (unpaired) electrons. The fraction of sp³-hybridized carbons (Fsp3) is 0.350. The number of nitrogens with zero attached hydrogens (tertiary/aromatic N) is 3. The van der Waals surface area contributed by atoms with Gasteiger partial charge < -0.3 is 14.8 Å². The standard InChI is InChI=1S/C20H21N5O3/c1-2-18-17-8-14-7-12(3-5-16(14)25(17)20(27)28-18)13-4-6-19(22-9-13)23-10-15(11-26)24-21/h3-7,9,11,15,17-18,21H,2,8,10H2,1H3,(H,22,23). The van der Waals surface area contributed by atoms with Crippen molar-refractivity contribution in [1.29, 1.82) is 5.53 Å². The van der Waals surface area contributed by atoms with Crippen LogP contribution >= 0.6 is 0 Å². The van der Waals surface area contributed by atoms with E-state index in [0.717, 1.165) is 35.2 Å². The molecule has 4 rings (SSSR count). The van der Waals surface area contributed by atoms with Crippen LogP contribution in [0, 0.1) is 5.53 Å². The number of anilines is 2. The maximum atomic E-state index is 12.2. The largest absolute Gasteiger partial charge is 0.444 e. The monoisotopic (exact) mass is 379 g/mol. The molecule has 0 spiro atoms. The van der Waals surface area contributed by atoms with Gasteiger partial charge in [-0.15, -0.1) is 0 Å². The number of rotatable bonds is 7. The van der Waals surface area contributed by atoms with Gasteiger partial charge in [0.25, 0.3) is 0 Å². The lowest BCUT2D eigenvalue weighted by atomic mass is 10.0. The summed E-state index contributed by atoms with van der Waals surface area (Å²) in [5.74, 6) is 0.620. The summed E-state index contributed by atoms with van der Waals surface area (Å²) >= 11 is 0. The Morgan fingerprint density at radius 2 is 2.21 bits per heavy atom. The molecule has 2 aliphatic heterocycles. The van der Waals surface area contributed by atoms with Crippen LogP contribution in [0.25, 0.3) is 11.1 Å². The van der Waals surface area contributed by atoms with Crippen LogP contribution in [0.2, 0.25) is 0 Å². The van der Waals surface area contributed by atoms with Gasteiger partial charge in [0.2, 0.25) is 0 Å². The molecule has 1 fully saturated rings. The number of hydrogen-bond donors (Lipinski definition) is 2. The number of amides is 1. The average molecular weight is 379 g/mol. The molecular formula is C20H21N5O3. The third-order valence-corrected chi connectivity index (χ3v) is 5.29. The molecule has 3 atom stereocenters. The number of nitrogens with one attached hydrogen (secondary N) is 2. The molecular weight excluding hydrogens is 358 g/mol. The minimum absolute atomic E-state index is 0.0546. The van der Waals surface area contributed by atoms with Crippen molar-refractivity contribution in [2.24, 2.45) is 5.11 Å². The van der Waals surface area contributed by atoms with Gasteiger partial charge in [0.1, 0.15) is 24.2 Å². The number of ether oxygens (including phenoxy) is 1. The second-order valence-electron chi connectivity index (χ2n) is 6.96. The molecule has 1 aromatic carbocycles. The number of cyclic esters (lactones) is 1. The lowest BCUT2D eigenvalue weighted by Gasteiger charge is -2.15. The molecule has 2 aromatic rings. The van der Waals surface area contributed by atoms with Crippen LogP contribution in [-0.2, 0) is 16.0 Å². The highest BCUT2D eigenvalue weighted by Crippen LogP contribution is 2.41. The Kier molecular flexibility index (Phi) is 4.77. The lowest BCUT2D eigenvalue weighted by Crippen LogP contribution is -2.32. The zero-order valence-corrected chi connectivity index (χ0v) is 15.5. The van der Waals surface area contributed by atoms with Crippen molar-refractivity contribution in [3.63, 3.8) is 0 Å². The van der Waals surface area contributed by atoms with Crippen molar-refractivity contribution in [2.75, 3.05) is 16.8 Å². The van der Waals surface area contributed by atoms with Crippen LogP contribution in [0.3, 0.4) is 0 Å². The Balaban J connectivity index is 1.51. The fourth-order valence-corrected chi connectivity index (χ4v) is 3.81. The van der Waals surface area contributed by atoms with Crippen LogP contribution in [-0.4, -0.2) is 42.1 Å². The van der Waals surface area contributed by atoms with Gasteiger partial charge in [0, 0.05) is 18.3 Å². The smallest absolute Gasteiger partial charge is 0.415 e. The quantitative estimate of drug-likeness (QED) is 0.566. The van der Waals surface area contributed by atoms with E-state index in [1.54, 1.807) is 11.1 Å². The molecule has 2 aliphatic rings. The van der Waals surface area contributed by atoms with E-state index in [4.69, 9.17) is 10.3 Å². The normalized spacial score (nSPS) is 20.9. The van der Waals surface area contributed by atoms with Gasteiger partial charge in [-0.25, -0.2) is 15.3 Å². The number of aldehydes is 1. The lowest BCUT2D eigenvalue weighted by molar-refractivity contribution is -0.108. The van der Waals surface area contributed by atoms with Crippen LogP contribution in [0.15, 0.2) is 41.6 Å². The predicted molar refractivity (Wildman–Crippen MR) is 104 cm³/mol. The highest BCUT2D eigenvalue weighted by molar-refractivity contribution is 5.94. The van der Waals surface area contributed by atoms with Crippen molar-refractivity contribution in [1.82, 2.24) is 4.98 Å². The Hall–Kier alpha value is -3.29. The highest BCUT2D eigenvalue weighted by Gasteiger charge is 2.46. The molecule has 2 N–H and O–H groups in total. The topological polar surface area (TPSA) is 108 Å². The van der Waals surface area contributed by atoms with E-state index in [-0.39, 0.29) is 24.8 Å². The summed E-state index contributed by atoms with van der Waals surface area (Å²) in [6.45, 7) is 2.27. The first-order chi connectivity index (χ1) is 13.6. The number of carbonyl (C=O) groups excluding carboxylic acids is 2. The summed E-state index contributed by atoms with van der Waals surface area (Å²) in [5.41, 5.74) is 11.0. The number of fused-ring (bicyclic) bond motifs is 3. The molecule has 1 aromatic heterocycles. The van der Waals surface area contributed by atoms with E-state index in [2.05, 4.69) is 21.5 Å². The fourth-order valence-electron chi connectivity index (χ4n) is 3.81. The summed E-state index contributed by atoms with van der Waals surface area (Å²) < 4.78 is 5.45. The van der Waals surface area contributed by atoms with Gasteiger partial charge in [0.05, 0.1) is 11.7 Å². The molecule has 0 bridgehead atoms. The summed E-state index contributed by atoms with van der Waals surface area (Å²) in [6.07, 6.45) is 3.68. The molecule has 3 heterocycles. The summed E-state index contributed by atoms with van der Waals surface area (Å²) in [7, 11) is 0. The molecule has 3 unspecified atom stereocenters. The maximum Gasteiger partial charge on any atom is 0.415 e. The van der Waals surface area contributed by atoms with Gasteiger partial charge in [-0.2, -0.15) is 5.11 Å². The van der Waals surface area contributed by atoms with E-state index in [9.17, 15) is 9.59 Å². The second kappa shape index (κ2) is 7.38. The number of hydrogen-bond acceptors (Lipinski definition) is 7. The van der Waals surface area contributed by atoms with Crippen LogP contribution in [0.4, 0.5) is 16.3 Å². The van der Waals surface area contributed by atoms with Crippen molar-refractivity contribution < 1.29 is 14.3 Å². The molecule has 1 saturated heterocycles. The second-order valence-corrected chi connectivity index (χ2v) is 6.96. The molecule has 8 heteroatoms. The van der Waals surface area contributed by atoms with Gasteiger partial charge >= 0.3 is 6.09 Å². The zero-order valence-electron chi connectivity index (χ0n) is 15.5. The third kappa shape index (κ3) is 3.11. The Labute approximate surface area is 162 Å². The number of aromatic nitrogens is 1. The Morgan fingerprint density at radius 1 is 1.39 bits per heavy atom. The average Bonchev–Trinajstić information content (AvgIpc) is 3.25. The molecule has 28 heavy (non-hydrogen) atoms. The van der Waals surface area contributed by atoms with Crippen molar-refractivity contribution in [3.8, 4) is 11.1 Å². The first-order valence-electron chi connectivity index (χ1n) is 9.29. The summed E-state index contributed by atoms with van der Waals surface area (Å²) in [5, 5.41) is 6.21. The van der Waals surface area contributed by atoms with Crippen LogP contribution in [0.5, 0.6) is 0 Å². The summed E-state index contributed by atoms with van der Waals surface area (Å²) in [4.78, 5) is 29.0. The summed E-state index contributed by atoms with van der Waals surface area (Å²) in [6, 6.07) is 9.23. The number of carbonyl (C=O) groups is 2. The highest BCUT2D eigenvalue weighted by atomic mass is 16.6. The predicted octanol–water partition coefficient (Wildman–Crippen LogP) is 3.42. The first-order valence-corrected chi connectivity index (χ1v) is 9.29. The van der Waals surface area contributed by atoms with Gasteiger partial charge in [-0.05, 0) is 48.2 Å². The van der Waals surface area contributed by atoms with Crippen molar-refractivity contribution >= 4 is 23.9 Å². The van der Waals surface area contributed by atoms with Gasteiger partial charge in [0.15, 0.2) is 0 Å². The Morgan fingerprint density at radius 3 is 2.89 bits per heavy atom. The van der Waals surface area contributed by atoms with Crippen LogP contribution < -0.4 is 10.2 Å². The molecule has 144 valence electrons. The molecule has 0 aliphatic carbocycles. The maximum absolute atomic E-state index is 12.2. The SMILES string of the molecule is CCC1OC(=O)N2c3ccc(-c4ccc(NCC(C=O)N=N)nc4)cc3CC12. The molecule has 0 saturated carbocycles. The van der Waals surface area contributed by atoms with Crippen LogP contribution in [0.1, 0.15) is 18.9 Å². The minimum atomic E-state index is -0.703. The van der Waals surface area contributed by atoms with E-state index >= 15 is 0 Å². The van der Waals surface area contributed by atoms with E-state index in [1.165, 1.54) is 0 Å². The number of pyridine rings is 1. The molecule has 8 nitrogen and oxygen atoms in total. The minimum Gasteiger partial charge on any atom is -0.444 e. The number of benzene rings is 1. The van der Waals surface area contributed by atoms with Crippen molar-refractivity contribution in [3.05, 3.63) is 42.1 Å². The Bertz CT molecular complexity index is 907. The zero-order chi connectivity index (χ0) is 19.7. The van der Waals surface area contributed by atoms with Gasteiger partial charge in [-0.3, -0.25) is 4.90 Å². The molecule has 1 amide bonds. The van der Waals surface area contributed by atoms with Crippen molar-refractivity contribution in [2.45, 2.75) is 38.0 Å². The van der Waals surface area contributed by atoms with E-state index in [0.29, 0.717) is 12.1 Å².